The van der Waals surface area contributed by atoms with Gasteiger partial charge in [-0.15, -0.1) is 0 Å². The van der Waals surface area contributed by atoms with Crippen LogP contribution in [-0.4, -0.2) is 21.6 Å². The molecule has 1 unspecified atom stereocenters. The Morgan fingerprint density at radius 1 is 1.00 bits per heavy atom. The molecule has 5 aromatic rings. The van der Waals surface area contributed by atoms with Crippen LogP contribution in [0, 0.1) is 6.92 Å². The molecule has 0 spiro atoms. The van der Waals surface area contributed by atoms with Crippen molar-refractivity contribution in [2.24, 2.45) is 0 Å². The van der Waals surface area contributed by atoms with Crippen molar-refractivity contribution in [3.8, 4) is 17.1 Å². The predicted octanol–water partition coefficient (Wildman–Crippen LogP) is 4.91. The number of hydrogen-bond acceptors (Lipinski definition) is 6. The fraction of sp³-hybridized carbons (Fsp3) is 0.115. The molecule has 0 saturated carbocycles. The first-order valence-corrected chi connectivity index (χ1v) is 10.7. The Morgan fingerprint density at radius 2 is 1.82 bits per heavy atom. The van der Waals surface area contributed by atoms with Gasteiger partial charge in [0, 0.05) is 30.4 Å². The molecular formula is C26H21N5O2. The van der Waals surface area contributed by atoms with Gasteiger partial charge in [-0.2, -0.15) is 4.98 Å². The molecule has 1 aliphatic heterocycles. The van der Waals surface area contributed by atoms with Crippen LogP contribution in [0.4, 0.5) is 11.4 Å². The second-order valence-corrected chi connectivity index (χ2v) is 8.18. The number of anilines is 2. The Hall–Kier alpha value is -4.39. The number of aromatic nitrogens is 3. The number of benzene rings is 2. The summed E-state index contributed by atoms with van der Waals surface area (Å²) in [5.74, 6) is 1.46. The van der Waals surface area contributed by atoms with Crippen molar-refractivity contribution < 1.29 is 4.42 Å². The molecule has 7 nitrogen and oxygen atoms in total. The fourth-order valence-corrected chi connectivity index (χ4v) is 4.25. The molecule has 6 rings (SSSR count). The van der Waals surface area contributed by atoms with Crippen molar-refractivity contribution in [3.63, 3.8) is 0 Å². The molecule has 33 heavy (non-hydrogen) atoms. The zero-order chi connectivity index (χ0) is 22.5. The molecular weight excluding hydrogens is 414 g/mol. The van der Waals surface area contributed by atoms with Crippen LogP contribution in [0.1, 0.15) is 17.6 Å². The first kappa shape index (κ1) is 19.3. The average molecular weight is 435 g/mol. The predicted molar refractivity (Wildman–Crippen MR) is 129 cm³/mol. The lowest BCUT2D eigenvalue weighted by molar-refractivity contribution is 0.475. The van der Waals surface area contributed by atoms with Crippen LogP contribution in [0.15, 0.2) is 88.3 Å². The van der Waals surface area contributed by atoms with E-state index in [1.54, 1.807) is 12.4 Å². The third-order valence-electron chi connectivity index (χ3n) is 6.03. The molecule has 7 heteroatoms. The van der Waals surface area contributed by atoms with Gasteiger partial charge in [0.1, 0.15) is 5.52 Å². The van der Waals surface area contributed by atoms with E-state index in [9.17, 15) is 4.79 Å². The second kappa shape index (κ2) is 7.34. The van der Waals surface area contributed by atoms with Crippen LogP contribution in [0.5, 0.6) is 0 Å². The summed E-state index contributed by atoms with van der Waals surface area (Å²) in [4.78, 5) is 24.5. The van der Waals surface area contributed by atoms with E-state index in [1.807, 2.05) is 80.7 Å². The highest BCUT2D eigenvalue weighted by molar-refractivity contribution is 5.78. The third-order valence-corrected chi connectivity index (χ3v) is 6.03. The van der Waals surface area contributed by atoms with Gasteiger partial charge < -0.3 is 14.6 Å². The van der Waals surface area contributed by atoms with Gasteiger partial charge >= 0.3 is 0 Å². The number of nitrogens with zero attached hydrogens (tertiary/aromatic N) is 4. The van der Waals surface area contributed by atoms with Crippen LogP contribution in [0.25, 0.3) is 28.0 Å². The maximum absolute atomic E-state index is 13.3. The molecule has 0 amide bonds. The molecule has 4 heterocycles. The molecule has 1 N–H and O–H groups in total. The maximum Gasteiger partial charge on any atom is 0.282 e. The Morgan fingerprint density at radius 3 is 2.64 bits per heavy atom. The number of aryl methyl sites for hydroxylation is 1. The zero-order valence-corrected chi connectivity index (χ0v) is 18.2. The van der Waals surface area contributed by atoms with E-state index in [1.165, 1.54) is 4.57 Å². The highest BCUT2D eigenvalue weighted by Crippen LogP contribution is 2.41. The zero-order valence-electron chi connectivity index (χ0n) is 18.2. The van der Waals surface area contributed by atoms with Crippen molar-refractivity contribution in [1.82, 2.24) is 14.5 Å². The Bertz CT molecular complexity index is 1550. The van der Waals surface area contributed by atoms with E-state index in [0.29, 0.717) is 23.0 Å². The van der Waals surface area contributed by atoms with Gasteiger partial charge in [0.05, 0.1) is 11.4 Å². The van der Waals surface area contributed by atoms with Gasteiger partial charge in [0.2, 0.25) is 5.89 Å². The average Bonchev–Trinajstić information content (AvgIpc) is 3.42. The number of rotatable bonds is 3. The summed E-state index contributed by atoms with van der Waals surface area (Å²) in [5, 5.41) is 4.25. The van der Waals surface area contributed by atoms with Gasteiger partial charge in [-0.3, -0.25) is 14.3 Å². The minimum Gasteiger partial charge on any atom is -0.434 e. The number of fused-ring (bicyclic) bond motifs is 2. The molecule has 3 aromatic heterocycles. The van der Waals surface area contributed by atoms with Gasteiger partial charge in [-0.05, 0) is 31.2 Å². The Balaban J connectivity index is 1.54. The van der Waals surface area contributed by atoms with Crippen molar-refractivity contribution >= 4 is 22.3 Å². The molecule has 0 radical (unpaired) electrons. The molecule has 1 aliphatic rings. The van der Waals surface area contributed by atoms with E-state index in [-0.39, 0.29) is 11.7 Å². The number of nitrogens with one attached hydrogen (secondary N) is 1. The van der Waals surface area contributed by atoms with E-state index in [0.717, 1.165) is 27.9 Å². The first-order chi connectivity index (χ1) is 16.1. The maximum atomic E-state index is 13.3. The summed E-state index contributed by atoms with van der Waals surface area (Å²) < 4.78 is 7.87. The van der Waals surface area contributed by atoms with Crippen molar-refractivity contribution in [2.75, 3.05) is 17.3 Å². The van der Waals surface area contributed by atoms with Gasteiger partial charge in [-0.25, -0.2) is 0 Å². The SMILES string of the molecule is Cc1ccc(-c2oc(C3Nc4ccccc4N3C)nc2-n2ccc3cccnc3c2=O)cc1. The van der Waals surface area contributed by atoms with Crippen LogP contribution in [-0.2, 0) is 0 Å². The van der Waals surface area contributed by atoms with Crippen LogP contribution < -0.4 is 15.8 Å². The largest absolute Gasteiger partial charge is 0.434 e. The van der Waals surface area contributed by atoms with Crippen LogP contribution >= 0.6 is 0 Å². The van der Waals surface area contributed by atoms with Crippen molar-refractivity contribution in [3.05, 3.63) is 101 Å². The standard InChI is InChI=1S/C26H21N5O2/c1-16-9-11-18(12-10-16)22-23(31-15-13-17-6-5-14-27-21(17)26(31)32)29-25(33-22)24-28-19-7-3-4-8-20(19)30(24)2/h3-15,24,28H,1-2H3. The minimum absolute atomic E-state index is 0.239. The highest BCUT2D eigenvalue weighted by Gasteiger charge is 2.32. The number of para-hydroxylation sites is 2. The lowest BCUT2D eigenvalue weighted by atomic mass is 10.1. The lowest BCUT2D eigenvalue weighted by Crippen LogP contribution is -2.24. The summed E-state index contributed by atoms with van der Waals surface area (Å²) in [6.45, 7) is 2.03. The monoisotopic (exact) mass is 435 g/mol. The number of hydrogen-bond donors (Lipinski definition) is 1. The van der Waals surface area contributed by atoms with Crippen molar-refractivity contribution in [2.45, 2.75) is 13.1 Å². The fourth-order valence-electron chi connectivity index (χ4n) is 4.25. The van der Waals surface area contributed by atoms with Gasteiger partial charge in [0.25, 0.3) is 5.56 Å². The van der Waals surface area contributed by atoms with E-state index < -0.39 is 0 Å². The summed E-state index contributed by atoms with van der Waals surface area (Å²) in [5.41, 5.74) is 4.21. The normalized spacial score (nSPS) is 15.0. The molecule has 0 aliphatic carbocycles. The summed E-state index contributed by atoms with van der Waals surface area (Å²) in [6, 6.07) is 21.6. The van der Waals surface area contributed by atoms with Crippen molar-refractivity contribution in [1.29, 1.82) is 0 Å². The minimum atomic E-state index is -0.297. The molecule has 2 aromatic carbocycles. The van der Waals surface area contributed by atoms with Crippen LogP contribution in [0.2, 0.25) is 0 Å². The topological polar surface area (TPSA) is 76.2 Å². The third kappa shape index (κ3) is 3.09. The van der Waals surface area contributed by atoms with E-state index >= 15 is 0 Å². The molecule has 162 valence electrons. The molecule has 0 bridgehead atoms. The van der Waals surface area contributed by atoms with Gasteiger partial charge in [-0.1, -0.05) is 48.0 Å². The Labute approximate surface area is 190 Å². The molecule has 0 saturated heterocycles. The smallest absolute Gasteiger partial charge is 0.282 e. The van der Waals surface area contributed by atoms with Gasteiger partial charge in [0.15, 0.2) is 17.7 Å². The van der Waals surface area contributed by atoms with Crippen LogP contribution in [0.3, 0.4) is 0 Å². The highest BCUT2D eigenvalue weighted by atomic mass is 16.4. The number of oxazole rings is 1. The molecule has 1 atom stereocenters. The molecule has 0 fully saturated rings. The summed E-state index contributed by atoms with van der Waals surface area (Å²) >= 11 is 0. The quantitative estimate of drug-likeness (QED) is 0.434. The lowest BCUT2D eigenvalue weighted by Gasteiger charge is -2.18. The van der Waals surface area contributed by atoms with E-state index in [4.69, 9.17) is 9.40 Å². The summed E-state index contributed by atoms with van der Waals surface area (Å²) in [7, 11) is 1.99. The first-order valence-electron chi connectivity index (χ1n) is 10.7. The second-order valence-electron chi connectivity index (χ2n) is 8.18. The summed E-state index contributed by atoms with van der Waals surface area (Å²) in [6.07, 6.45) is 3.05. The number of pyridine rings is 2. The van der Waals surface area contributed by atoms with E-state index in [2.05, 4.69) is 15.2 Å². The Kier molecular flexibility index (Phi) is 4.29.